The average molecular weight is 461 g/mol. The minimum Gasteiger partial charge on any atom is -0.452 e. The number of esters is 1. The molecular formula is C22H21ClN2O5S. The number of ether oxygens (including phenoxy) is 1. The van der Waals surface area contributed by atoms with Crippen LogP contribution in [0.4, 0.5) is 5.69 Å². The van der Waals surface area contributed by atoms with E-state index in [1.807, 2.05) is 0 Å². The smallest absolute Gasteiger partial charge is 0.338 e. The summed E-state index contributed by atoms with van der Waals surface area (Å²) in [7, 11) is -4.03. The first-order valence-electron chi connectivity index (χ1n) is 9.32. The number of sulfonamides is 1. The van der Waals surface area contributed by atoms with Gasteiger partial charge in [-0.15, -0.1) is 6.58 Å². The average Bonchev–Trinajstić information content (AvgIpc) is 3.08. The van der Waals surface area contributed by atoms with Gasteiger partial charge < -0.3 is 9.15 Å². The van der Waals surface area contributed by atoms with Crippen LogP contribution in [0.15, 0.2) is 70.5 Å². The number of hydrogen-bond acceptors (Lipinski definition) is 6. The van der Waals surface area contributed by atoms with Gasteiger partial charge in [-0.1, -0.05) is 35.9 Å². The van der Waals surface area contributed by atoms with Crippen LogP contribution in [0.5, 0.6) is 0 Å². The summed E-state index contributed by atoms with van der Waals surface area (Å²) in [5, 5.41) is 0.278. The Kier molecular flexibility index (Phi) is 6.82. The number of carbonyl (C=O) groups excluding carboxylic acids is 1. The summed E-state index contributed by atoms with van der Waals surface area (Å²) >= 11 is 6.21. The van der Waals surface area contributed by atoms with Gasteiger partial charge in [0.05, 0.1) is 33.4 Å². The van der Waals surface area contributed by atoms with Gasteiger partial charge in [0, 0.05) is 0 Å². The van der Waals surface area contributed by atoms with Crippen LogP contribution in [-0.2, 0) is 21.4 Å². The molecule has 0 fully saturated rings. The Morgan fingerprint density at radius 1 is 1.23 bits per heavy atom. The molecule has 0 atom stereocenters. The molecule has 0 spiro atoms. The van der Waals surface area contributed by atoms with Crippen molar-refractivity contribution >= 4 is 33.3 Å². The third-order valence-corrected chi connectivity index (χ3v) is 6.57. The van der Waals surface area contributed by atoms with Crippen molar-refractivity contribution in [2.24, 2.45) is 0 Å². The summed E-state index contributed by atoms with van der Waals surface area (Å²) in [4.78, 5) is 16.5. The van der Waals surface area contributed by atoms with Gasteiger partial charge in [0.2, 0.25) is 5.89 Å². The third-order valence-electron chi connectivity index (χ3n) is 4.47. The number of hydrogen-bond donors (Lipinski definition) is 0. The Morgan fingerprint density at radius 2 is 1.97 bits per heavy atom. The highest BCUT2D eigenvalue weighted by Crippen LogP contribution is 2.30. The van der Waals surface area contributed by atoms with Gasteiger partial charge in [0.15, 0.2) is 6.61 Å². The van der Waals surface area contributed by atoms with Gasteiger partial charge in [-0.3, -0.25) is 4.31 Å². The van der Waals surface area contributed by atoms with E-state index in [9.17, 15) is 13.2 Å². The summed E-state index contributed by atoms with van der Waals surface area (Å²) in [6.45, 7) is 7.02. The Bertz CT molecular complexity index is 1200. The lowest BCUT2D eigenvalue weighted by molar-refractivity contribution is 0.0436. The molecule has 0 saturated heterocycles. The summed E-state index contributed by atoms with van der Waals surface area (Å²) < 4.78 is 38.4. The van der Waals surface area contributed by atoms with E-state index in [0.29, 0.717) is 17.1 Å². The van der Waals surface area contributed by atoms with Gasteiger partial charge in [0.1, 0.15) is 5.76 Å². The molecule has 0 aliphatic heterocycles. The number of halogens is 1. The van der Waals surface area contributed by atoms with Crippen LogP contribution in [0.3, 0.4) is 0 Å². The van der Waals surface area contributed by atoms with E-state index in [1.54, 1.807) is 38.1 Å². The predicted molar refractivity (Wildman–Crippen MR) is 118 cm³/mol. The predicted octanol–water partition coefficient (Wildman–Crippen LogP) is 4.68. The molecule has 0 unspecified atom stereocenters. The van der Waals surface area contributed by atoms with Crippen molar-refractivity contribution in [2.45, 2.75) is 25.3 Å². The van der Waals surface area contributed by atoms with E-state index in [2.05, 4.69) is 11.6 Å². The summed E-state index contributed by atoms with van der Waals surface area (Å²) in [6.07, 6.45) is 1.46. The second-order valence-electron chi connectivity index (χ2n) is 6.63. The van der Waals surface area contributed by atoms with E-state index in [0.717, 1.165) is 4.31 Å². The molecule has 2 aromatic carbocycles. The molecule has 0 saturated carbocycles. The normalized spacial score (nSPS) is 11.2. The lowest BCUT2D eigenvalue weighted by atomic mass is 10.2. The minimum atomic E-state index is -4.03. The van der Waals surface area contributed by atoms with Crippen molar-refractivity contribution in [2.75, 3.05) is 10.8 Å². The van der Waals surface area contributed by atoms with Crippen molar-refractivity contribution < 1.29 is 22.4 Å². The Hall–Kier alpha value is -3.10. The fraction of sp³-hybridized carbons (Fsp3) is 0.182. The first-order valence-corrected chi connectivity index (χ1v) is 11.1. The number of rotatable bonds is 8. The van der Waals surface area contributed by atoms with E-state index in [1.165, 1.54) is 30.3 Å². The lowest BCUT2D eigenvalue weighted by Crippen LogP contribution is -2.31. The highest BCUT2D eigenvalue weighted by atomic mass is 35.5. The van der Waals surface area contributed by atoms with E-state index >= 15 is 0 Å². The van der Waals surface area contributed by atoms with Crippen LogP contribution in [-0.4, -0.2) is 25.9 Å². The van der Waals surface area contributed by atoms with Crippen molar-refractivity contribution in [3.05, 3.63) is 89.1 Å². The molecule has 162 valence electrons. The summed E-state index contributed by atoms with van der Waals surface area (Å²) in [6, 6.07) is 12.2. The monoisotopic (exact) mass is 460 g/mol. The second kappa shape index (κ2) is 9.36. The zero-order chi connectivity index (χ0) is 22.6. The Balaban J connectivity index is 1.86. The molecule has 0 bridgehead atoms. The minimum absolute atomic E-state index is 0.00358. The first kappa shape index (κ1) is 22.6. The first-order chi connectivity index (χ1) is 14.7. The van der Waals surface area contributed by atoms with Crippen LogP contribution in [0.1, 0.15) is 27.7 Å². The topological polar surface area (TPSA) is 89.7 Å². The Labute approximate surface area is 186 Å². The molecule has 3 rings (SSSR count). The van der Waals surface area contributed by atoms with Crippen LogP contribution in [0.2, 0.25) is 5.02 Å². The van der Waals surface area contributed by atoms with E-state index in [-0.39, 0.29) is 34.5 Å². The highest BCUT2D eigenvalue weighted by Gasteiger charge is 2.26. The quantitative estimate of drug-likeness (QED) is 0.358. The molecule has 0 aliphatic carbocycles. The number of benzene rings is 2. The zero-order valence-electron chi connectivity index (χ0n) is 17.0. The molecule has 1 aromatic heterocycles. The summed E-state index contributed by atoms with van der Waals surface area (Å²) in [5.74, 6) is 0.211. The number of aromatic nitrogens is 1. The highest BCUT2D eigenvalue weighted by molar-refractivity contribution is 7.92. The molecule has 31 heavy (non-hydrogen) atoms. The van der Waals surface area contributed by atoms with Gasteiger partial charge in [-0.2, -0.15) is 0 Å². The lowest BCUT2D eigenvalue weighted by Gasteiger charge is -2.24. The standard InChI is InChI=1S/C22H21ClN2O5S/c1-4-12-25(20-11-6-5-10-19(20)23)31(27,28)18-9-7-8-17(13-18)22(26)29-14-21-24-15(2)16(3)30-21/h4-11,13H,1,12,14H2,2-3H3. The molecule has 0 aliphatic rings. The maximum atomic E-state index is 13.3. The van der Waals surface area contributed by atoms with Crippen LogP contribution < -0.4 is 4.31 Å². The molecule has 0 radical (unpaired) electrons. The SMILES string of the molecule is C=CCN(c1ccccc1Cl)S(=O)(=O)c1cccc(C(=O)OCc2nc(C)c(C)o2)c1. The molecule has 0 N–H and O–H groups in total. The van der Waals surface area contributed by atoms with E-state index in [4.69, 9.17) is 20.8 Å². The van der Waals surface area contributed by atoms with Gasteiger partial charge >= 0.3 is 5.97 Å². The number of nitrogens with zero attached hydrogens (tertiary/aromatic N) is 2. The van der Waals surface area contributed by atoms with Crippen molar-refractivity contribution in [3.8, 4) is 0 Å². The van der Waals surface area contributed by atoms with Crippen molar-refractivity contribution in [1.82, 2.24) is 4.98 Å². The van der Waals surface area contributed by atoms with Crippen LogP contribution in [0, 0.1) is 13.8 Å². The maximum absolute atomic E-state index is 13.3. The third kappa shape index (κ3) is 4.98. The molecule has 3 aromatic rings. The van der Waals surface area contributed by atoms with Gasteiger partial charge in [-0.05, 0) is 44.2 Å². The van der Waals surface area contributed by atoms with Gasteiger partial charge in [-0.25, -0.2) is 18.2 Å². The summed E-state index contributed by atoms with van der Waals surface area (Å²) in [5.41, 5.74) is 1.10. The molecule has 1 heterocycles. The second-order valence-corrected chi connectivity index (χ2v) is 8.90. The van der Waals surface area contributed by atoms with E-state index < -0.39 is 16.0 Å². The van der Waals surface area contributed by atoms with Crippen LogP contribution >= 0.6 is 11.6 Å². The van der Waals surface area contributed by atoms with Crippen LogP contribution in [0.25, 0.3) is 0 Å². The van der Waals surface area contributed by atoms with Crippen molar-refractivity contribution in [3.63, 3.8) is 0 Å². The fourth-order valence-electron chi connectivity index (χ4n) is 2.82. The fourth-order valence-corrected chi connectivity index (χ4v) is 4.61. The zero-order valence-corrected chi connectivity index (χ0v) is 18.6. The molecule has 0 amide bonds. The number of para-hydroxylation sites is 1. The number of oxazole rings is 1. The number of anilines is 1. The Morgan fingerprint density at radius 3 is 2.61 bits per heavy atom. The molecule has 9 heteroatoms. The molecule has 7 nitrogen and oxygen atoms in total. The maximum Gasteiger partial charge on any atom is 0.338 e. The largest absolute Gasteiger partial charge is 0.452 e. The van der Waals surface area contributed by atoms with Gasteiger partial charge in [0.25, 0.3) is 10.0 Å². The van der Waals surface area contributed by atoms with Crippen molar-refractivity contribution in [1.29, 1.82) is 0 Å². The number of aryl methyl sites for hydroxylation is 2. The number of carbonyl (C=O) groups is 1. The molecular weight excluding hydrogens is 440 g/mol.